The third kappa shape index (κ3) is 4.40. The first-order valence-electron chi connectivity index (χ1n) is 11.5. The van der Waals surface area contributed by atoms with E-state index in [4.69, 9.17) is 0 Å². The number of pyridine rings is 1. The van der Waals surface area contributed by atoms with Gasteiger partial charge in [0.15, 0.2) is 5.65 Å². The fraction of sp³-hybridized carbons (Fsp3) is 0.231. The zero-order valence-electron chi connectivity index (χ0n) is 19.4. The lowest BCUT2D eigenvalue weighted by Gasteiger charge is -2.33. The maximum Gasteiger partial charge on any atom is 0.244 e. The number of hydrogen-bond acceptors (Lipinski definition) is 6. The molecule has 35 heavy (non-hydrogen) atoms. The SMILES string of the molecule is CC[C@H](CO)N(Cc1ccccc1)n1cnc2cnc3c(ccn3S(=O)(=O)Cc3ccccc3)c21. The van der Waals surface area contributed by atoms with Crippen molar-refractivity contribution >= 4 is 32.1 Å². The molecule has 0 saturated heterocycles. The zero-order valence-corrected chi connectivity index (χ0v) is 20.2. The average molecular weight is 490 g/mol. The van der Waals surface area contributed by atoms with Crippen LogP contribution in [0.4, 0.5) is 0 Å². The van der Waals surface area contributed by atoms with Gasteiger partial charge in [0, 0.05) is 11.6 Å². The van der Waals surface area contributed by atoms with Gasteiger partial charge in [0.2, 0.25) is 10.0 Å². The quantitative estimate of drug-likeness (QED) is 0.340. The van der Waals surface area contributed by atoms with Crippen molar-refractivity contribution in [3.63, 3.8) is 0 Å². The summed E-state index contributed by atoms with van der Waals surface area (Å²) < 4.78 is 29.7. The third-order valence-corrected chi connectivity index (χ3v) is 7.82. The highest BCUT2D eigenvalue weighted by atomic mass is 32.2. The summed E-state index contributed by atoms with van der Waals surface area (Å²) in [5, 5.41) is 12.9. The lowest BCUT2D eigenvalue weighted by atomic mass is 10.1. The molecular formula is C26H27N5O3S. The maximum absolute atomic E-state index is 13.3. The summed E-state index contributed by atoms with van der Waals surface area (Å²) in [5.74, 6) is -0.126. The van der Waals surface area contributed by atoms with E-state index in [9.17, 15) is 13.5 Å². The van der Waals surface area contributed by atoms with Gasteiger partial charge < -0.3 is 10.1 Å². The molecule has 1 N–H and O–H groups in total. The van der Waals surface area contributed by atoms with Gasteiger partial charge in [-0.15, -0.1) is 0 Å². The predicted molar refractivity (Wildman–Crippen MR) is 137 cm³/mol. The van der Waals surface area contributed by atoms with Gasteiger partial charge in [0.1, 0.15) is 17.4 Å². The summed E-state index contributed by atoms with van der Waals surface area (Å²) in [6.07, 6.45) is 5.59. The molecule has 8 nitrogen and oxygen atoms in total. The fourth-order valence-corrected chi connectivity index (χ4v) is 5.82. The molecule has 3 heterocycles. The molecule has 5 rings (SSSR count). The molecule has 3 aromatic heterocycles. The first kappa shape index (κ1) is 23.1. The van der Waals surface area contributed by atoms with Gasteiger partial charge in [0.25, 0.3) is 0 Å². The number of fused-ring (bicyclic) bond motifs is 3. The van der Waals surface area contributed by atoms with Gasteiger partial charge in [-0.3, -0.25) is 0 Å². The molecule has 180 valence electrons. The van der Waals surface area contributed by atoms with Crippen molar-refractivity contribution in [3.05, 3.63) is 96.6 Å². The Morgan fingerprint density at radius 1 is 0.971 bits per heavy atom. The summed E-state index contributed by atoms with van der Waals surface area (Å²) in [7, 11) is -3.68. The molecule has 1 atom stereocenters. The first-order chi connectivity index (χ1) is 17.0. The number of imidazole rings is 1. The number of aromatic nitrogens is 4. The van der Waals surface area contributed by atoms with E-state index in [1.54, 1.807) is 36.9 Å². The van der Waals surface area contributed by atoms with E-state index in [0.717, 1.165) is 17.5 Å². The molecule has 0 aliphatic heterocycles. The summed E-state index contributed by atoms with van der Waals surface area (Å²) in [6, 6.07) is 20.7. The molecule has 0 unspecified atom stereocenters. The van der Waals surface area contributed by atoms with Crippen molar-refractivity contribution in [1.29, 1.82) is 0 Å². The molecule has 0 aliphatic carbocycles. The van der Waals surface area contributed by atoms with Crippen molar-refractivity contribution < 1.29 is 13.5 Å². The van der Waals surface area contributed by atoms with Gasteiger partial charge in [-0.1, -0.05) is 67.6 Å². The van der Waals surface area contributed by atoms with E-state index < -0.39 is 10.0 Å². The van der Waals surface area contributed by atoms with Crippen molar-refractivity contribution in [2.75, 3.05) is 11.6 Å². The Hall–Kier alpha value is -3.69. The normalized spacial score (nSPS) is 12.9. The predicted octanol–water partition coefficient (Wildman–Crippen LogP) is 3.67. The van der Waals surface area contributed by atoms with Gasteiger partial charge in [-0.2, -0.15) is 0 Å². The Balaban J connectivity index is 1.62. The number of benzene rings is 2. The highest BCUT2D eigenvalue weighted by Gasteiger charge is 2.24. The van der Waals surface area contributed by atoms with E-state index in [1.807, 2.05) is 60.1 Å². The zero-order chi connectivity index (χ0) is 24.4. The molecular weight excluding hydrogens is 462 g/mol. The Kier molecular flexibility index (Phi) is 6.27. The smallest absolute Gasteiger partial charge is 0.244 e. The molecule has 5 aromatic rings. The van der Waals surface area contributed by atoms with Crippen LogP contribution in [0.3, 0.4) is 0 Å². The molecule has 0 bridgehead atoms. The van der Waals surface area contributed by atoms with Crippen LogP contribution in [0.15, 0.2) is 85.5 Å². The van der Waals surface area contributed by atoms with E-state index >= 15 is 0 Å². The van der Waals surface area contributed by atoms with Crippen LogP contribution >= 0.6 is 0 Å². The Labute approximate surface area is 204 Å². The minimum atomic E-state index is -3.68. The van der Waals surface area contributed by atoms with Gasteiger partial charge >= 0.3 is 0 Å². The summed E-state index contributed by atoms with van der Waals surface area (Å²) in [5.41, 5.74) is 3.57. The number of aliphatic hydroxyl groups is 1. The van der Waals surface area contributed by atoms with Crippen LogP contribution < -0.4 is 5.01 Å². The molecule has 2 aromatic carbocycles. The average Bonchev–Trinajstić information content (AvgIpc) is 3.50. The number of nitrogens with zero attached hydrogens (tertiary/aromatic N) is 5. The van der Waals surface area contributed by atoms with Crippen LogP contribution in [0.1, 0.15) is 24.5 Å². The fourth-order valence-electron chi connectivity index (χ4n) is 4.41. The Morgan fingerprint density at radius 2 is 1.66 bits per heavy atom. The number of aliphatic hydroxyl groups excluding tert-OH is 1. The van der Waals surface area contributed by atoms with Gasteiger partial charge in [0.05, 0.1) is 31.1 Å². The van der Waals surface area contributed by atoms with E-state index in [0.29, 0.717) is 28.7 Å². The lowest BCUT2D eigenvalue weighted by molar-refractivity contribution is 0.238. The molecule has 0 radical (unpaired) electrons. The van der Waals surface area contributed by atoms with Crippen LogP contribution in [0.5, 0.6) is 0 Å². The van der Waals surface area contributed by atoms with Crippen LogP contribution in [0, 0.1) is 0 Å². The largest absolute Gasteiger partial charge is 0.394 e. The van der Waals surface area contributed by atoms with Crippen LogP contribution in [-0.2, 0) is 22.3 Å². The van der Waals surface area contributed by atoms with Gasteiger partial charge in [-0.25, -0.2) is 27.0 Å². The molecule has 0 fully saturated rings. The summed E-state index contributed by atoms with van der Waals surface area (Å²) in [4.78, 5) is 9.00. The number of rotatable bonds is 9. The van der Waals surface area contributed by atoms with Crippen LogP contribution in [0.2, 0.25) is 0 Å². The highest BCUT2D eigenvalue weighted by molar-refractivity contribution is 7.89. The van der Waals surface area contributed by atoms with Crippen molar-refractivity contribution in [3.8, 4) is 0 Å². The van der Waals surface area contributed by atoms with Crippen molar-refractivity contribution in [2.24, 2.45) is 0 Å². The summed E-state index contributed by atoms with van der Waals surface area (Å²) in [6.45, 7) is 2.56. The first-order valence-corrected chi connectivity index (χ1v) is 13.1. The van der Waals surface area contributed by atoms with Gasteiger partial charge in [-0.05, 0) is 23.6 Å². The van der Waals surface area contributed by atoms with E-state index in [1.165, 1.54) is 3.97 Å². The highest BCUT2D eigenvalue weighted by Crippen LogP contribution is 2.27. The third-order valence-electron chi connectivity index (χ3n) is 6.23. The van der Waals surface area contributed by atoms with Crippen LogP contribution in [0.25, 0.3) is 22.1 Å². The Morgan fingerprint density at radius 3 is 2.31 bits per heavy atom. The molecule has 0 spiro atoms. The topological polar surface area (TPSA) is 93.2 Å². The minimum Gasteiger partial charge on any atom is -0.394 e. The van der Waals surface area contributed by atoms with E-state index in [-0.39, 0.29) is 18.4 Å². The Bertz CT molecular complexity index is 1540. The standard InChI is InChI=1S/C26H27N5O3S/c1-2-22(17-32)29(16-20-9-5-3-6-10-20)30-19-28-24-15-27-26-23(25(24)30)13-14-31(26)35(33,34)18-21-11-7-4-8-12-21/h3-15,19,22,32H,2,16-18H2,1H3/t22-/m1/s1. The van der Waals surface area contributed by atoms with Crippen LogP contribution in [-0.4, -0.2) is 44.8 Å². The molecule has 0 amide bonds. The second-order valence-corrected chi connectivity index (χ2v) is 10.3. The monoisotopic (exact) mass is 489 g/mol. The second kappa shape index (κ2) is 9.52. The maximum atomic E-state index is 13.3. The lowest BCUT2D eigenvalue weighted by Crippen LogP contribution is -2.44. The molecule has 0 saturated carbocycles. The molecule has 9 heteroatoms. The minimum absolute atomic E-state index is 0.0241. The molecule has 0 aliphatic rings. The second-order valence-electron chi connectivity index (χ2n) is 8.50. The van der Waals surface area contributed by atoms with E-state index in [2.05, 4.69) is 15.0 Å². The van der Waals surface area contributed by atoms with Crippen molar-refractivity contribution in [1.82, 2.24) is 18.6 Å². The number of hydrogen-bond donors (Lipinski definition) is 1. The van der Waals surface area contributed by atoms with Crippen molar-refractivity contribution in [2.45, 2.75) is 31.7 Å². The summed E-state index contributed by atoms with van der Waals surface area (Å²) >= 11 is 0.